The molecule has 0 aliphatic heterocycles. The Morgan fingerprint density at radius 2 is 1.90 bits per heavy atom. The van der Waals surface area contributed by atoms with Crippen LogP contribution in [0.3, 0.4) is 0 Å². The fourth-order valence-corrected chi connectivity index (χ4v) is 1.23. The summed E-state index contributed by atoms with van der Waals surface area (Å²) in [5, 5.41) is 9.81. The van der Waals surface area contributed by atoms with Crippen LogP contribution < -0.4 is 9.67 Å². The standard InChI is InChI=1S/C7H13N2O.C6H12O4/c1-8-3-4-9(7-8)5-6-10-2;1-9-4-5-10-3-2-6(7)8/h3-4,7H,5-6H2,1-2H3;2-5H2,1H3,(H,7,8)/q+1;/p-1. The van der Waals surface area contributed by atoms with Crippen LogP contribution >= 0.6 is 0 Å². The molecule has 0 aliphatic rings. The Hall–Kier alpha value is -1.44. The zero-order chi connectivity index (χ0) is 15.2. The predicted octanol–water partition coefficient (Wildman–Crippen LogP) is -1.25. The zero-order valence-electron chi connectivity index (χ0n) is 12.4. The SMILES string of the molecule is COCCOCCC(=O)[O-].COCC[n+]1ccn(C)c1. The van der Waals surface area contributed by atoms with Crippen molar-refractivity contribution in [1.82, 2.24) is 4.57 Å². The van der Waals surface area contributed by atoms with E-state index >= 15 is 0 Å². The van der Waals surface area contributed by atoms with Gasteiger partial charge in [-0.1, -0.05) is 0 Å². The third-order valence-corrected chi connectivity index (χ3v) is 2.26. The molecule has 0 amide bonds. The van der Waals surface area contributed by atoms with Gasteiger partial charge in [0.2, 0.25) is 6.33 Å². The number of aliphatic carboxylic acids is 1. The lowest BCUT2D eigenvalue weighted by Gasteiger charge is -2.02. The molecule has 1 aromatic heterocycles. The van der Waals surface area contributed by atoms with E-state index in [1.165, 1.54) is 0 Å². The number of aryl methyl sites for hydroxylation is 1. The molecule has 0 atom stereocenters. The van der Waals surface area contributed by atoms with Crippen molar-refractivity contribution in [3.05, 3.63) is 18.7 Å². The van der Waals surface area contributed by atoms with Gasteiger partial charge in [0.1, 0.15) is 18.9 Å². The summed E-state index contributed by atoms with van der Waals surface area (Å²) < 4.78 is 18.5. The minimum absolute atomic E-state index is 0.0519. The fourth-order valence-electron chi connectivity index (χ4n) is 1.23. The van der Waals surface area contributed by atoms with Crippen LogP contribution in [0.2, 0.25) is 0 Å². The first-order valence-electron chi connectivity index (χ1n) is 6.36. The van der Waals surface area contributed by atoms with E-state index in [4.69, 9.17) is 9.47 Å². The second-order valence-corrected chi connectivity index (χ2v) is 4.04. The number of nitrogens with zero attached hydrogens (tertiary/aromatic N) is 2. The Morgan fingerprint density at radius 3 is 2.40 bits per heavy atom. The van der Waals surface area contributed by atoms with Crippen LogP contribution in [0.1, 0.15) is 6.42 Å². The van der Waals surface area contributed by atoms with Crippen LogP contribution in [0.5, 0.6) is 0 Å². The van der Waals surface area contributed by atoms with Gasteiger partial charge in [-0.25, -0.2) is 9.13 Å². The molecule has 7 heteroatoms. The highest BCUT2D eigenvalue weighted by Gasteiger charge is 1.96. The van der Waals surface area contributed by atoms with Crippen LogP contribution in [-0.2, 0) is 32.6 Å². The van der Waals surface area contributed by atoms with Gasteiger partial charge in [-0.15, -0.1) is 0 Å². The number of methoxy groups -OCH3 is 2. The van der Waals surface area contributed by atoms with Crippen molar-refractivity contribution in [2.75, 3.05) is 40.6 Å². The Labute approximate surface area is 119 Å². The third-order valence-electron chi connectivity index (χ3n) is 2.26. The van der Waals surface area contributed by atoms with E-state index in [2.05, 4.69) is 9.30 Å². The van der Waals surface area contributed by atoms with E-state index < -0.39 is 5.97 Å². The van der Waals surface area contributed by atoms with Gasteiger partial charge in [0.25, 0.3) is 0 Å². The summed E-state index contributed by atoms with van der Waals surface area (Å²) in [4.78, 5) is 9.81. The van der Waals surface area contributed by atoms with Gasteiger partial charge >= 0.3 is 0 Å². The van der Waals surface area contributed by atoms with E-state index in [0.29, 0.717) is 13.2 Å². The topological polar surface area (TPSA) is 76.6 Å². The smallest absolute Gasteiger partial charge is 0.243 e. The average Bonchev–Trinajstić information content (AvgIpc) is 2.82. The van der Waals surface area contributed by atoms with Gasteiger partial charge in [-0.2, -0.15) is 0 Å². The van der Waals surface area contributed by atoms with Crippen LogP contribution in [0.25, 0.3) is 0 Å². The van der Waals surface area contributed by atoms with Crippen LogP contribution in [0, 0.1) is 0 Å². The maximum atomic E-state index is 9.81. The summed E-state index contributed by atoms with van der Waals surface area (Å²) in [7, 11) is 5.27. The second-order valence-electron chi connectivity index (χ2n) is 4.04. The molecule has 7 nitrogen and oxygen atoms in total. The van der Waals surface area contributed by atoms with Gasteiger partial charge in [0.05, 0.1) is 33.5 Å². The number of hydrogen-bond acceptors (Lipinski definition) is 5. The monoisotopic (exact) mass is 288 g/mol. The Morgan fingerprint density at radius 1 is 1.20 bits per heavy atom. The molecule has 0 spiro atoms. The van der Waals surface area contributed by atoms with Gasteiger partial charge in [0.15, 0.2) is 0 Å². The maximum absolute atomic E-state index is 9.81. The van der Waals surface area contributed by atoms with Crippen LogP contribution in [0.4, 0.5) is 0 Å². The lowest BCUT2D eigenvalue weighted by Crippen LogP contribution is -2.33. The number of ether oxygens (including phenoxy) is 3. The van der Waals surface area contributed by atoms with Crippen molar-refractivity contribution in [3.8, 4) is 0 Å². The molecule has 0 aliphatic carbocycles. The molecular weight excluding hydrogens is 264 g/mol. The van der Waals surface area contributed by atoms with Crippen molar-refractivity contribution in [1.29, 1.82) is 0 Å². The summed E-state index contributed by atoms with van der Waals surface area (Å²) in [6.07, 6.45) is 6.01. The highest BCUT2D eigenvalue weighted by atomic mass is 16.5. The summed E-state index contributed by atoms with van der Waals surface area (Å²) in [5.74, 6) is -1.09. The third kappa shape index (κ3) is 11.6. The maximum Gasteiger partial charge on any atom is 0.243 e. The summed E-state index contributed by atoms with van der Waals surface area (Å²) >= 11 is 0. The lowest BCUT2D eigenvalue weighted by atomic mass is 10.5. The number of carboxylic acid groups (broad SMARTS) is 1. The van der Waals surface area contributed by atoms with Crippen molar-refractivity contribution in [2.24, 2.45) is 7.05 Å². The number of rotatable bonds is 9. The summed E-state index contributed by atoms with van der Waals surface area (Å²) in [5.41, 5.74) is 0. The molecule has 0 bridgehead atoms. The van der Waals surface area contributed by atoms with Crippen molar-refractivity contribution in [3.63, 3.8) is 0 Å². The number of carboxylic acids is 1. The van der Waals surface area contributed by atoms with Gasteiger partial charge < -0.3 is 24.1 Å². The number of hydrogen-bond donors (Lipinski definition) is 0. The molecule has 116 valence electrons. The molecule has 0 radical (unpaired) electrons. The first-order valence-corrected chi connectivity index (χ1v) is 6.36. The van der Waals surface area contributed by atoms with Crippen LogP contribution in [-0.4, -0.2) is 51.2 Å². The van der Waals surface area contributed by atoms with Gasteiger partial charge in [-0.3, -0.25) is 0 Å². The highest BCUT2D eigenvalue weighted by Crippen LogP contribution is 1.80. The lowest BCUT2D eigenvalue weighted by molar-refractivity contribution is -0.697. The molecule has 0 N–H and O–H groups in total. The first-order chi connectivity index (χ1) is 9.60. The molecule has 1 rings (SSSR count). The minimum atomic E-state index is -1.09. The van der Waals surface area contributed by atoms with E-state index in [1.54, 1.807) is 14.2 Å². The molecule has 0 aromatic carbocycles. The van der Waals surface area contributed by atoms with Crippen molar-refractivity contribution >= 4 is 5.97 Å². The Balaban J connectivity index is 0.000000361. The van der Waals surface area contributed by atoms with Gasteiger partial charge in [-0.05, 0) is 0 Å². The molecule has 1 aromatic rings. The number of aromatic nitrogens is 2. The predicted molar refractivity (Wildman–Crippen MR) is 69.8 cm³/mol. The first kappa shape index (κ1) is 18.6. The molecular formula is C13H24N2O5. The van der Waals surface area contributed by atoms with E-state index in [0.717, 1.165) is 13.2 Å². The number of carbonyl (C=O) groups is 1. The number of imidazole rings is 1. The zero-order valence-corrected chi connectivity index (χ0v) is 12.4. The second kappa shape index (κ2) is 12.6. The molecule has 20 heavy (non-hydrogen) atoms. The molecule has 0 unspecified atom stereocenters. The van der Waals surface area contributed by atoms with Crippen LogP contribution in [0.15, 0.2) is 18.7 Å². The summed E-state index contributed by atoms with van der Waals surface area (Å²) in [6, 6.07) is 0. The largest absolute Gasteiger partial charge is 0.550 e. The minimum Gasteiger partial charge on any atom is -0.550 e. The summed E-state index contributed by atoms with van der Waals surface area (Å²) in [6.45, 7) is 2.83. The quantitative estimate of drug-likeness (QED) is 0.419. The van der Waals surface area contributed by atoms with E-state index in [-0.39, 0.29) is 13.0 Å². The normalized spacial score (nSPS) is 9.95. The molecule has 1 heterocycles. The fraction of sp³-hybridized carbons (Fsp3) is 0.692. The Kier molecular flexibility index (Phi) is 11.7. The van der Waals surface area contributed by atoms with Crippen molar-refractivity contribution in [2.45, 2.75) is 13.0 Å². The highest BCUT2D eigenvalue weighted by molar-refractivity contribution is 5.64. The van der Waals surface area contributed by atoms with Gasteiger partial charge in [0, 0.05) is 26.6 Å². The molecule has 0 saturated heterocycles. The number of carbonyl (C=O) groups excluding carboxylic acids is 1. The van der Waals surface area contributed by atoms with E-state index in [9.17, 15) is 9.90 Å². The van der Waals surface area contributed by atoms with Crippen molar-refractivity contribution < 1.29 is 28.7 Å². The van der Waals surface area contributed by atoms with E-state index in [1.807, 2.05) is 30.3 Å². The average molecular weight is 288 g/mol. The molecule has 0 fully saturated rings. The Bertz CT molecular complexity index is 354. The molecule has 0 saturated carbocycles.